The largest absolute Gasteiger partial charge is 0.481 e. The molecule has 1 saturated heterocycles. The van der Waals surface area contributed by atoms with Gasteiger partial charge in [0.25, 0.3) is 0 Å². The van der Waals surface area contributed by atoms with E-state index in [0.717, 1.165) is 74.0 Å². The van der Waals surface area contributed by atoms with Crippen LogP contribution in [0.5, 0.6) is 0 Å². The maximum absolute atomic E-state index is 12.1. The summed E-state index contributed by atoms with van der Waals surface area (Å²) in [5.74, 6) is -1.40. The van der Waals surface area contributed by atoms with Crippen LogP contribution in [0, 0.1) is 5.92 Å². The van der Waals surface area contributed by atoms with E-state index < -0.39 is 29.1 Å². The number of carboxylic acids is 2. The van der Waals surface area contributed by atoms with Gasteiger partial charge in [-0.1, -0.05) is 155 Å². The van der Waals surface area contributed by atoms with Gasteiger partial charge in [0.05, 0.1) is 11.5 Å². The Morgan fingerprint density at radius 1 is 0.684 bits per heavy atom. The first-order valence-electron chi connectivity index (χ1n) is 21.9. The lowest BCUT2D eigenvalue weighted by atomic mass is 9.72. The fourth-order valence-corrected chi connectivity index (χ4v) is 7.86. The Balaban J connectivity index is 0.000000371. The van der Waals surface area contributed by atoms with Crippen LogP contribution in [-0.2, 0) is 20.6 Å². The van der Waals surface area contributed by atoms with Crippen LogP contribution in [0.25, 0.3) is 0 Å². The van der Waals surface area contributed by atoms with E-state index in [0.29, 0.717) is 12.8 Å². The zero-order chi connectivity index (χ0) is 41.4. The van der Waals surface area contributed by atoms with Crippen molar-refractivity contribution >= 4 is 11.9 Å². The number of carbonyl (C=O) groups is 2. The second-order valence-corrected chi connectivity index (χ2v) is 16.6. The SMILES string of the molecule is CC(C)(C(=O)O)c1ccc([C@@H](O)CCCN2CCC(C(O)(c3ccccc3)c3ccccc3)CC2)cc1.CCCCCCCCC=CCCCCCCCC(=O)O. The van der Waals surface area contributed by atoms with Gasteiger partial charge in [-0.05, 0) is 119 Å². The van der Waals surface area contributed by atoms with Gasteiger partial charge >= 0.3 is 11.9 Å². The van der Waals surface area contributed by atoms with Crippen molar-refractivity contribution in [3.8, 4) is 0 Å². The molecule has 0 bridgehead atoms. The van der Waals surface area contributed by atoms with E-state index in [1.165, 1.54) is 70.6 Å². The second-order valence-electron chi connectivity index (χ2n) is 16.6. The standard InChI is InChI=1S/C32H39NO4.C18H34O2/c1-31(2,30(35)36)25-17-15-24(16-18-25)29(34)14-9-21-33-22-19-28(20-23-33)32(37,26-10-5-3-6-11-26)27-12-7-4-8-13-27;1-2-3-4-5-6-7-8-9-10-11-12-13-14-15-16-17-18(19)20/h3-8,10-13,15-18,28-29,34,37H,9,14,19-23H2,1-2H3,(H,35,36);9-10H,2-8,11-17H2,1H3,(H,19,20)/t29-;/m0./s1. The van der Waals surface area contributed by atoms with Crippen LogP contribution in [0.15, 0.2) is 97.1 Å². The summed E-state index contributed by atoms with van der Waals surface area (Å²) < 4.78 is 0. The number of aliphatic hydroxyl groups excluding tert-OH is 1. The Bertz CT molecular complexity index is 1510. The summed E-state index contributed by atoms with van der Waals surface area (Å²) in [7, 11) is 0. The molecule has 1 aliphatic rings. The Labute approximate surface area is 344 Å². The summed E-state index contributed by atoms with van der Waals surface area (Å²) in [6, 6.07) is 27.3. The molecule has 0 saturated carbocycles. The van der Waals surface area contributed by atoms with E-state index >= 15 is 0 Å². The number of benzene rings is 3. The smallest absolute Gasteiger partial charge is 0.313 e. The lowest BCUT2D eigenvalue weighted by Gasteiger charge is -2.42. The fraction of sp³-hybridized carbons (Fsp3) is 0.560. The molecule has 57 heavy (non-hydrogen) atoms. The topological polar surface area (TPSA) is 118 Å². The molecule has 1 atom stereocenters. The minimum absolute atomic E-state index is 0.132. The number of rotatable bonds is 25. The van der Waals surface area contributed by atoms with Crippen molar-refractivity contribution in [3.05, 3.63) is 119 Å². The van der Waals surface area contributed by atoms with Crippen LogP contribution >= 0.6 is 0 Å². The lowest BCUT2D eigenvalue weighted by molar-refractivity contribution is -0.142. The summed E-state index contributed by atoms with van der Waals surface area (Å²) >= 11 is 0. The highest BCUT2D eigenvalue weighted by Crippen LogP contribution is 2.42. The Morgan fingerprint density at radius 2 is 1.18 bits per heavy atom. The first kappa shape index (κ1) is 47.6. The fourth-order valence-electron chi connectivity index (χ4n) is 7.86. The Kier molecular flexibility index (Phi) is 21.9. The number of allylic oxidation sites excluding steroid dienone is 2. The van der Waals surface area contributed by atoms with E-state index in [2.05, 4.69) is 24.0 Å². The van der Waals surface area contributed by atoms with Crippen LogP contribution in [0.3, 0.4) is 0 Å². The van der Waals surface area contributed by atoms with E-state index in [9.17, 15) is 24.9 Å². The quantitative estimate of drug-likeness (QED) is 0.0499. The number of hydrogen-bond acceptors (Lipinski definition) is 5. The second kappa shape index (κ2) is 26.3. The van der Waals surface area contributed by atoms with E-state index in [-0.39, 0.29) is 5.92 Å². The summed E-state index contributed by atoms with van der Waals surface area (Å²) in [5, 5.41) is 40.7. The summed E-state index contributed by atoms with van der Waals surface area (Å²) in [5.41, 5.74) is 1.47. The average Bonchev–Trinajstić information content (AvgIpc) is 3.23. The third kappa shape index (κ3) is 16.5. The van der Waals surface area contributed by atoms with Gasteiger partial charge in [0, 0.05) is 6.42 Å². The minimum Gasteiger partial charge on any atom is -0.481 e. The van der Waals surface area contributed by atoms with Crippen molar-refractivity contribution in [2.24, 2.45) is 5.92 Å². The van der Waals surface area contributed by atoms with Crippen molar-refractivity contribution in [2.75, 3.05) is 19.6 Å². The molecule has 7 nitrogen and oxygen atoms in total. The minimum atomic E-state index is -1.01. The number of unbranched alkanes of at least 4 members (excludes halogenated alkanes) is 11. The van der Waals surface area contributed by atoms with Gasteiger partial charge in [-0.15, -0.1) is 0 Å². The van der Waals surface area contributed by atoms with Crippen molar-refractivity contribution in [2.45, 2.75) is 153 Å². The van der Waals surface area contributed by atoms with Crippen molar-refractivity contribution < 1.29 is 30.0 Å². The molecule has 4 N–H and O–H groups in total. The summed E-state index contributed by atoms with van der Waals surface area (Å²) in [6.07, 6.45) is 24.0. The number of aliphatic carboxylic acids is 2. The highest BCUT2D eigenvalue weighted by atomic mass is 16.4. The van der Waals surface area contributed by atoms with Crippen molar-refractivity contribution in [3.63, 3.8) is 0 Å². The molecule has 0 aliphatic carbocycles. The lowest BCUT2D eigenvalue weighted by Crippen LogP contribution is -2.44. The third-order valence-electron chi connectivity index (χ3n) is 11.8. The number of likely N-dealkylation sites (tertiary alicyclic amines) is 1. The maximum Gasteiger partial charge on any atom is 0.313 e. The van der Waals surface area contributed by atoms with E-state index in [4.69, 9.17) is 5.11 Å². The molecule has 7 heteroatoms. The Hall–Kier alpha value is -3.78. The molecular formula is C50H73NO6. The predicted octanol–water partition coefficient (Wildman–Crippen LogP) is 11.6. The van der Waals surface area contributed by atoms with Gasteiger partial charge in [0.2, 0.25) is 0 Å². The normalized spacial score (nSPS) is 14.6. The van der Waals surface area contributed by atoms with Gasteiger partial charge in [-0.25, -0.2) is 0 Å². The maximum atomic E-state index is 12.1. The van der Waals surface area contributed by atoms with Crippen LogP contribution < -0.4 is 0 Å². The van der Waals surface area contributed by atoms with Crippen LogP contribution in [-0.4, -0.2) is 56.9 Å². The molecule has 4 rings (SSSR count). The molecule has 0 spiro atoms. The van der Waals surface area contributed by atoms with Crippen LogP contribution in [0.4, 0.5) is 0 Å². The van der Waals surface area contributed by atoms with Gasteiger partial charge in [0.1, 0.15) is 5.60 Å². The highest BCUT2D eigenvalue weighted by Gasteiger charge is 2.41. The first-order chi connectivity index (χ1) is 27.5. The van der Waals surface area contributed by atoms with E-state index in [1.807, 2.05) is 72.8 Å². The Morgan fingerprint density at radius 3 is 1.67 bits per heavy atom. The third-order valence-corrected chi connectivity index (χ3v) is 11.8. The highest BCUT2D eigenvalue weighted by molar-refractivity contribution is 5.80. The molecule has 3 aromatic carbocycles. The van der Waals surface area contributed by atoms with Crippen molar-refractivity contribution in [1.29, 1.82) is 0 Å². The summed E-state index contributed by atoms with van der Waals surface area (Å²) in [4.78, 5) is 24.2. The van der Waals surface area contributed by atoms with E-state index in [1.54, 1.807) is 26.0 Å². The molecule has 3 aromatic rings. The number of hydrogen-bond donors (Lipinski definition) is 4. The number of aliphatic hydroxyl groups is 2. The van der Waals surface area contributed by atoms with Gasteiger partial charge in [-0.3, -0.25) is 9.59 Å². The van der Waals surface area contributed by atoms with Crippen molar-refractivity contribution in [1.82, 2.24) is 4.90 Å². The number of nitrogens with zero attached hydrogens (tertiary/aromatic N) is 1. The van der Waals surface area contributed by atoms with Gasteiger partial charge in [-0.2, -0.15) is 0 Å². The molecule has 1 fully saturated rings. The molecular weight excluding hydrogens is 711 g/mol. The molecule has 1 heterocycles. The monoisotopic (exact) mass is 784 g/mol. The average molecular weight is 784 g/mol. The van der Waals surface area contributed by atoms with Crippen LogP contribution in [0.1, 0.15) is 165 Å². The van der Waals surface area contributed by atoms with Crippen LogP contribution in [0.2, 0.25) is 0 Å². The molecule has 0 aromatic heterocycles. The molecule has 0 radical (unpaired) electrons. The predicted molar refractivity (Wildman–Crippen MR) is 233 cm³/mol. The molecule has 0 unspecified atom stereocenters. The van der Waals surface area contributed by atoms with Gasteiger partial charge in [0.15, 0.2) is 0 Å². The van der Waals surface area contributed by atoms with Gasteiger partial charge < -0.3 is 25.3 Å². The molecule has 1 aliphatic heterocycles. The zero-order valence-corrected chi connectivity index (χ0v) is 35.3. The number of carboxylic acid groups (broad SMARTS) is 2. The molecule has 314 valence electrons. The first-order valence-corrected chi connectivity index (χ1v) is 21.9. The summed E-state index contributed by atoms with van der Waals surface area (Å²) in [6.45, 7) is 8.37. The zero-order valence-electron chi connectivity index (χ0n) is 35.3. The molecule has 0 amide bonds. The number of piperidine rings is 1.